The number of halogens is 1. The third kappa shape index (κ3) is 5.75. The molecule has 4 rings (SSSR count). The average molecular weight is 482 g/mol. The lowest BCUT2D eigenvalue weighted by molar-refractivity contribution is 0.100. The SMILES string of the molecule is Cc1cccc(Cl)c1N1CNC(CNCCc2ccccn2)=CC1=Nc1ncc(C(N)=O)s1. The van der Waals surface area contributed by atoms with Gasteiger partial charge in [0.2, 0.25) is 5.13 Å². The van der Waals surface area contributed by atoms with Crippen LogP contribution in [0.4, 0.5) is 10.8 Å². The number of hydrogen-bond acceptors (Lipinski definition) is 7. The molecule has 3 aromatic rings. The van der Waals surface area contributed by atoms with Crippen molar-refractivity contribution < 1.29 is 4.79 Å². The van der Waals surface area contributed by atoms with Gasteiger partial charge in [0.15, 0.2) is 0 Å². The Labute approximate surface area is 201 Å². The predicted molar refractivity (Wildman–Crippen MR) is 133 cm³/mol. The van der Waals surface area contributed by atoms with E-state index in [0.29, 0.717) is 34.1 Å². The van der Waals surface area contributed by atoms with Crippen LogP contribution in [0.15, 0.2) is 65.6 Å². The van der Waals surface area contributed by atoms with Crippen LogP contribution in [0.1, 0.15) is 20.9 Å². The number of nitrogens with zero attached hydrogens (tertiary/aromatic N) is 4. The third-order valence-corrected chi connectivity index (χ3v) is 6.26. The molecule has 0 atom stereocenters. The number of pyridine rings is 1. The van der Waals surface area contributed by atoms with E-state index in [0.717, 1.165) is 46.9 Å². The van der Waals surface area contributed by atoms with Gasteiger partial charge in [-0.1, -0.05) is 41.1 Å². The summed E-state index contributed by atoms with van der Waals surface area (Å²) in [5, 5.41) is 7.96. The normalized spacial score (nSPS) is 14.8. The molecular formula is C23H24ClN7OS. The minimum atomic E-state index is -0.517. The van der Waals surface area contributed by atoms with Crippen molar-refractivity contribution in [3.05, 3.63) is 81.7 Å². The lowest BCUT2D eigenvalue weighted by Crippen LogP contribution is -2.45. The third-order valence-electron chi connectivity index (χ3n) is 5.05. The highest BCUT2D eigenvalue weighted by molar-refractivity contribution is 7.17. The van der Waals surface area contributed by atoms with Crippen LogP contribution >= 0.6 is 22.9 Å². The van der Waals surface area contributed by atoms with Gasteiger partial charge in [0, 0.05) is 43.2 Å². The number of carbonyl (C=O) groups is 1. The van der Waals surface area contributed by atoms with Crippen molar-refractivity contribution >= 4 is 45.5 Å². The zero-order valence-electron chi connectivity index (χ0n) is 18.1. The highest BCUT2D eigenvalue weighted by atomic mass is 35.5. The van der Waals surface area contributed by atoms with Crippen molar-refractivity contribution in [2.75, 3.05) is 24.7 Å². The van der Waals surface area contributed by atoms with Crippen LogP contribution in [0.25, 0.3) is 0 Å². The number of primary amides is 1. The molecule has 0 aliphatic carbocycles. The minimum absolute atomic E-state index is 0.365. The van der Waals surface area contributed by atoms with Crippen molar-refractivity contribution in [3.8, 4) is 0 Å². The van der Waals surface area contributed by atoms with Gasteiger partial charge in [-0.15, -0.1) is 0 Å². The summed E-state index contributed by atoms with van der Waals surface area (Å²) in [6.07, 6.45) is 6.06. The average Bonchev–Trinajstić information content (AvgIpc) is 3.27. The second kappa shape index (κ2) is 10.6. The topological polar surface area (TPSA) is 109 Å². The summed E-state index contributed by atoms with van der Waals surface area (Å²) < 4.78 is 0. The molecule has 10 heteroatoms. The molecule has 2 aromatic heterocycles. The first-order chi connectivity index (χ1) is 16.0. The number of carbonyl (C=O) groups excluding carboxylic acids is 1. The zero-order chi connectivity index (χ0) is 23.2. The van der Waals surface area contributed by atoms with E-state index in [1.165, 1.54) is 6.20 Å². The molecule has 33 heavy (non-hydrogen) atoms. The lowest BCUT2D eigenvalue weighted by atomic mass is 10.1. The molecule has 4 N–H and O–H groups in total. The van der Waals surface area contributed by atoms with Crippen LogP contribution in [0.2, 0.25) is 5.02 Å². The van der Waals surface area contributed by atoms with Gasteiger partial charge in [-0.3, -0.25) is 9.78 Å². The first-order valence-electron chi connectivity index (χ1n) is 10.4. The van der Waals surface area contributed by atoms with E-state index in [2.05, 4.69) is 20.6 Å². The van der Waals surface area contributed by atoms with E-state index in [9.17, 15) is 4.79 Å². The van der Waals surface area contributed by atoms with Gasteiger partial charge in [0.05, 0.1) is 23.6 Å². The van der Waals surface area contributed by atoms with Crippen LogP contribution in [0.5, 0.6) is 0 Å². The fourth-order valence-electron chi connectivity index (χ4n) is 3.43. The first kappa shape index (κ1) is 22.9. The maximum Gasteiger partial charge on any atom is 0.260 e. The van der Waals surface area contributed by atoms with Crippen molar-refractivity contribution in [2.24, 2.45) is 10.7 Å². The monoisotopic (exact) mass is 481 g/mol. The smallest absolute Gasteiger partial charge is 0.260 e. The fraction of sp³-hybridized carbons (Fsp3) is 0.217. The van der Waals surface area contributed by atoms with E-state index < -0.39 is 5.91 Å². The first-order valence-corrected chi connectivity index (χ1v) is 11.6. The maximum atomic E-state index is 11.5. The number of anilines is 1. The van der Waals surface area contributed by atoms with E-state index in [4.69, 9.17) is 22.3 Å². The summed E-state index contributed by atoms with van der Waals surface area (Å²) in [7, 11) is 0. The number of hydrogen-bond donors (Lipinski definition) is 3. The van der Waals surface area contributed by atoms with Crippen LogP contribution in [-0.4, -0.2) is 41.5 Å². The van der Waals surface area contributed by atoms with Crippen molar-refractivity contribution in [1.82, 2.24) is 20.6 Å². The fourth-order valence-corrected chi connectivity index (χ4v) is 4.40. The summed E-state index contributed by atoms with van der Waals surface area (Å²) in [5.74, 6) is 0.160. The summed E-state index contributed by atoms with van der Waals surface area (Å²) in [4.78, 5) is 27.1. The van der Waals surface area contributed by atoms with E-state index in [-0.39, 0.29) is 0 Å². The van der Waals surface area contributed by atoms with E-state index >= 15 is 0 Å². The largest absolute Gasteiger partial charge is 0.370 e. The van der Waals surface area contributed by atoms with Crippen molar-refractivity contribution in [2.45, 2.75) is 13.3 Å². The Kier molecular flexibility index (Phi) is 7.33. The number of benzene rings is 1. The molecule has 3 heterocycles. The second-order valence-corrected chi connectivity index (χ2v) is 8.84. The molecule has 0 spiro atoms. The quantitative estimate of drug-likeness (QED) is 0.425. The Bertz CT molecular complexity index is 1170. The molecule has 0 saturated carbocycles. The maximum absolute atomic E-state index is 11.5. The summed E-state index contributed by atoms with van der Waals surface area (Å²) in [5.41, 5.74) is 9.31. The molecule has 0 fully saturated rings. The van der Waals surface area contributed by atoms with Crippen LogP contribution < -0.4 is 21.3 Å². The summed E-state index contributed by atoms with van der Waals surface area (Å²) >= 11 is 7.69. The molecule has 1 aliphatic heterocycles. The van der Waals surface area contributed by atoms with Crippen LogP contribution in [0.3, 0.4) is 0 Å². The molecule has 1 aromatic carbocycles. The van der Waals surface area contributed by atoms with Gasteiger partial charge in [0.25, 0.3) is 5.91 Å². The Balaban J connectivity index is 1.55. The highest BCUT2D eigenvalue weighted by Crippen LogP contribution is 2.32. The number of amidine groups is 1. The molecular weight excluding hydrogens is 458 g/mol. The van der Waals surface area contributed by atoms with Crippen molar-refractivity contribution in [3.63, 3.8) is 0 Å². The Hall–Kier alpha value is -3.27. The van der Waals surface area contributed by atoms with Gasteiger partial charge in [-0.25, -0.2) is 9.98 Å². The van der Waals surface area contributed by atoms with E-state index in [1.807, 2.05) is 54.3 Å². The Morgan fingerprint density at radius 1 is 1.30 bits per heavy atom. The molecule has 0 saturated heterocycles. The van der Waals surface area contributed by atoms with Crippen LogP contribution in [-0.2, 0) is 6.42 Å². The second-order valence-electron chi connectivity index (χ2n) is 7.43. The van der Waals surface area contributed by atoms with Gasteiger partial charge in [0.1, 0.15) is 10.7 Å². The zero-order valence-corrected chi connectivity index (χ0v) is 19.7. The molecule has 170 valence electrons. The Morgan fingerprint density at radius 3 is 2.91 bits per heavy atom. The number of thiazole rings is 1. The highest BCUT2D eigenvalue weighted by Gasteiger charge is 2.22. The number of nitrogens with two attached hydrogens (primary N) is 1. The predicted octanol–water partition coefficient (Wildman–Crippen LogP) is 3.41. The molecule has 8 nitrogen and oxygen atoms in total. The molecule has 0 radical (unpaired) electrons. The number of amides is 1. The molecule has 1 aliphatic rings. The molecule has 0 unspecified atom stereocenters. The summed E-state index contributed by atoms with van der Waals surface area (Å²) in [6.45, 7) is 3.94. The number of aryl methyl sites for hydroxylation is 1. The number of rotatable bonds is 8. The lowest BCUT2D eigenvalue weighted by Gasteiger charge is -2.32. The number of para-hydroxylation sites is 1. The van der Waals surface area contributed by atoms with Crippen molar-refractivity contribution in [1.29, 1.82) is 0 Å². The van der Waals surface area contributed by atoms with Gasteiger partial charge >= 0.3 is 0 Å². The van der Waals surface area contributed by atoms with E-state index in [1.54, 1.807) is 6.20 Å². The molecule has 1 amide bonds. The standard InChI is InChI=1S/C23H24ClN7OS/c1-15-5-4-7-18(24)21(15)31-14-29-17(12-26-10-8-16-6-2-3-9-27-16)11-20(31)30-23-28-13-19(33-23)22(25)32/h2-7,9,11,13,26,29H,8,10,12,14H2,1H3,(H2,25,32). The van der Waals surface area contributed by atoms with Crippen LogP contribution in [0, 0.1) is 6.92 Å². The van der Waals surface area contributed by atoms with Gasteiger partial charge in [-0.05, 0) is 30.7 Å². The van der Waals surface area contributed by atoms with Gasteiger partial charge in [-0.2, -0.15) is 0 Å². The number of aromatic nitrogens is 2. The molecule has 0 bridgehead atoms. The number of nitrogens with one attached hydrogen (secondary N) is 2. The summed E-state index contributed by atoms with van der Waals surface area (Å²) in [6, 6.07) is 11.7. The Morgan fingerprint density at radius 2 is 2.18 bits per heavy atom. The van der Waals surface area contributed by atoms with Gasteiger partial charge < -0.3 is 21.3 Å². The minimum Gasteiger partial charge on any atom is -0.370 e. The number of aliphatic imine (C=N–C) groups is 1.